The summed E-state index contributed by atoms with van der Waals surface area (Å²) in [5, 5.41) is 7.87. The molecule has 0 radical (unpaired) electrons. The number of nitrogens with one attached hydrogen (secondary N) is 1. The van der Waals surface area contributed by atoms with Gasteiger partial charge in [-0.15, -0.1) is 0 Å². The molecule has 0 saturated carbocycles. The van der Waals surface area contributed by atoms with E-state index in [4.69, 9.17) is 0 Å². The average molecular weight is 353 g/mol. The van der Waals surface area contributed by atoms with Crippen molar-refractivity contribution in [2.24, 2.45) is 0 Å². The molecule has 2 aliphatic heterocycles. The number of likely N-dealkylation sites (tertiary alicyclic amines) is 1. The van der Waals surface area contributed by atoms with E-state index in [1.807, 2.05) is 28.2 Å². The van der Waals surface area contributed by atoms with Crippen LogP contribution in [0.3, 0.4) is 0 Å². The molecule has 26 heavy (non-hydrogen) atoms. The first-order valence-corrected chi connectivity index (χ1v) is 9.71. The van der Waals surface area contributed by atoms with Gasteiger partial charge >= 0.3 is 0 Å². The highest BCUT2D eigenvalue weighted by molar-refractivity contribution is 5.76. The second kappa shape index (κ2) is 7.99. The Balaban J connectivity index is 1.34. The normalized spacial score (nSPS) is 21.7. The van der Waals surface area contributed by atoms with Crippen LogP contribution in [0.25, 0.3) is 0 Å². The fourth-order valence-corrected chi connectivity index (χ4v) is 4.25. The topological polar surface area (TPSA) is 63.1 Å². The maximum atomic E-state index is 12.8. The van der Waals surface area contributed by atoms with Crippen LogP contribution in [-0.2, 0) is 11.3 Å². The SMILES string of the molecule is O=C(Cn1nccc1[C@H]1CCCNC1)N1CCC(c2ccncc2)CC1. The van der Waals surface area contributed by atoms with Gasteiger partial charge in [0, 0.05) is 49.8 Å². The number of hydrogen-bond donors (Lipinski definition) is 1. The minimum absolute atomic E-state index is 0.187. The lowest BCUT2D eigenvalue weighted by Crippen LogP contribution is -2.40. The highest BCUT2D eigenvalue weighted by Crippen LogP contribution is 2.28. The number of aromatic nitrogens is 3. The summed E-state index contributed by atoms with van der Waals surface area (Å²) in [7, 11) is 0. The van der Waals surface area contributed by atoms with E-state index in [1.165, 1.54) is 24.1 Å². The molecule has 0 spiro atoms. The second-order valence-corrected chi connectivity index (χ2v) is 7.39. The van der Waals surface area contributed by atoms with Crippen LogP contribution in [0, 0.1) is 0 Å². The van der Waals surface area contributed by atoms with Crippen molar-refractivity contribution in [1.82, 2.24) is 25.0 Å². The number of rotatable bonds is 4. The number of amides is 1. The Labute approximate surface area is 154 Å². The Bertz CT molecular complexity index is 715. The second-order valence-electron chi connectivity index (χ2n) is 7.39. The molecule has 6 nitrogen and oxygen atoms in total. The van der Waals surface area contributed by atoms with Crippen LogP contribution in [0.1, 0.15) is 48.8 Å². The maximum Gasteiger partial charge on any atom is 0.244 e. The molecule has 2 aromatic heterocycles. The lowest BCUT2D eigenvalue weighted by atomic mass is 9.90. The van der Waals surface area contributed by atoms with Crippen LogP contribution in [0.5, 0.6) is 0 Å². The summed E-state index contributed by atoms with van der Waals surface area (Å²) < 4.78 is 1.91. The minimum Gasteiger partial charge on any atom is -0.341 e. The molecule has 4 rings (SSSR count). The van der Waals surface area contributed by atoms with Crippen molar-refractivity contribution in [3.8, 4) is 0 Å². The van der Waals surface area contributed by atoms with Crippen LogP contribution in [0.15, 0.2) is 36.8 Å². The average Bonchev–Trinajstić information content (AvgIpc) is 3.17. The molecule has 138 valence electrons. The van der Waals surface area contributed by atoms with E-state index >= 15 is 0 Å². The van der Waals surface area contributed by atoms with E-state index in [9.17, 15) is 4.79 Å². The summed E-state index contributed by atoms with van der Waals surface area (Å²) in [6, 6.07) is 6.26. The standard InChI is InChI=1S/C20H27N5O/c26-20(15-25-19(5-11-23-25)18-2-1-8-22-14-18)24-12-6-17(7-13-24)16-3-9-21-10-4-16/h3-5,9-11,17-18,22H,1-2,6-8,12-15H2/t18-/m0/s1. The third-order valence-corrected chi connectivity index (χ3v) is 5.77. The van der Waals surface area contributed by atoms with Gasteiger partial charge in [0.25, 0.3) is 0 Å². The van der Waals surface area contributed by atoms with Crippen LogP contribution >= 0.6 is 0 Å². The zero-order valence-electron chi connectivity index (χ0n) is 15.2. The fraction of sp³-hybridized carbons (Fsp3) is 0.550. The highest BCUT2D eigenvalue weighted by atomic mass is 16.2. The number of piperidine rings is 2. The van der Waals surface area contributed by atoms with E-state index in [1.54, 1.807) is 0 Å². The molecule has 2 saturated heterocycles. The third-order valence-electron chi connectivity index (χ3n) is 5.77. The van der Waals surface area contributed by atoms with Gasteiger partial charge in [-0.1, -0.05) is 0 Å². The van der Waals surface area contributed by atoms with Gasteiger partial charge in [0.1, 0.15) is 6.54 Å². The van der Waals surface area contributed by atoms with Gasteiger partial charge in [-0.25, -0.2) is 0 Å². The molecular weight excluding hydrogens is 326 g/mol. The smallest absolute Gasteiger partial charge is 0.244 e. The van der Waals surface area contributed by atoms with Crippen molar-refractivity contribution in [3.05, 3.63) is 48.0 Å². The van der Waals surface area contributed by atoms with Crippen molar-refractivity contribution in [2.75, 3.05) is 26.2 Å². The summed E-state index contributed by atoms with van der Waals surface area (Å²) in [4.78, 5) is 18.9. The van der Waals surface area contributed by atoms with Gasteiger partial charge in [0.2, 0.25) is 5.91 Å². The summed E-state index contributed by atoms with van der Waals surface area (Å²) in [6.07, 6.45) is 9.93. The van der Waals surface area contributed by atoms with E-state index in [2.05, 4.69) is 33.6 Å². The molecule has 0 aliphatic carbocycles. The van der Waals surface area contributed by atoms with Gasteiger partial charge in [-0.3, -0.25) is 14.5 Å². The molecule has 4 heterocycles. The largest absolute Gasteiger partial charge is 0.341 e. The van der Waals surface area contributed by atoms with Crippen molar-refractivity contribution < 1.29 is 4.79 Å². The monoisotopic (exact) mass is 353 g/mol. The third kappa shape index (κ3) is 3.80. The number of hydrogen-bond acceptors (Lipinski definition) is 4. The maximum absolute atomic E-state index is 12.8. The molecule has 2 aromatic rings. The molecule has 0 unspecified atom stereocenters. The van der Waals surface area contributed by atoms with E-state index in [0.717, 1.165) is 39.0 Å². The summed E-state index contributed by atoms with van der Waals surface area (Å²) >= 11 is 0. The molecule has 2 aliphatic rings. The van der Waals surface area contributed by atoms with Gasteiger partial charge in [0.05, 0.1) is 0 Å². The summed E-state index contributed by atoms with van der Waals surface area (Å²) in [5.41, 5.74) is 2.53. The van der Waals surface area contributed by atoms with E-state index in [0.29, 0.717) is 18.4 Å². The predicted octanol–water partition coefficient (Wildman–Crippen LogP) is 2.15. The first kappa shape index (κ1) is 17.2. The van der Waals surface area contributed by atoms with Crippen molar-refractivity contribution in [2.45, 2.75) is 44.1 Å². The first-order valence-electron chi connectivity index (χ1n) is 9.71. The first-order chi connectivity index (χ1) is 12.8. The number of nitrogens with zero attached hydrogens (tertiary/aromatic N) is 4. The lowest BCUT2D eigenvalue weighted by Gasteiger charge is -2.32. The molecule has 2 fully saturated rings. The Kier molecular flexibility index (Phi) is 5.29. The zero-order chi connectivity index (χ0) is 17.8. The summed E-state index contributed by atoms with van der Waals surface area (Å²) in [5.74, 6) is 1.19. The van der Waals surface area contributed by atoms with Gasteiger partial charge in [-0.05, 0) is 61.9 Å². The Morgan fingerprint density at radius 2 is 1.88 bits per heavy atom. The van der Waals surface area contributed by atoms with Crippen molar-refractivity contribution in [3.63, 3.8) is 0 Å². The van der Waals surface area contributed by atoms with Crippen molar-refractivity contribution in [1.29, 1.82) is 0 Å². The molecule has 1 atom stereocenters. The van der Waals surface area contributed by atoms with E-state index in [-0.39, 0.29) is 5.91 Å². The Hall–Kier alpha value is -2.21. The van der Waals surface area contributed by atoms with Gasteiger partial charge in [0.15, 0.2) is 0 Å². The molecule has 0 bridgehead atoms. The lowest BCUT2D eigenvalue weighted by molar-refractivity contribution is -0.133. The highest BCUT2D eigenvalue weighted by Gasteiger charge is 2.25. The molecule has 6 heteroatoms. The van der Waals surface area contributed by atoms with Crippen LogP contribution < -0.4 is 5.32 Å². The number of carbonyl (C=O) groups excluding carboxylic acids is 1. The van der Waals surface area contributed by atoms with Crippen molar-refractivity contribution >= 4 is 5.91 Å². The van der Waals surface area contributed by atoms with Gasteiger partial charge in [-0.2, -0.15) is 5.10 Å². The molecule has 1 N–H and O–H groups in total. The van der Waals surface area contributed by atoms with Crippen LogP contribution in [0.4, 0.5) is 0 Å². The predicted molar refractivity (Wildman–Crippen MR) is 99.9 cm³/mol. The number of carbonyl (C=O) groups is 1. The van der Waals surface area contributed by atoms with E-state index < -0.39 is 0 Å². The summed E-state index contributed by atoms with van der Waals surface area (Å²) in [6.45, 7) is 4.09. The Morgan fingerprint density at radius 1 is 1.08 bits per heavy atom. The number of pyridine rings is 1. The molecular formula is C20H27N5O. The minimum atomic E-state index is 0.187. The molecule has 1 amide bonds. The fourth-order valence-electron chi connectivity index (χ4n) is 4.25. The Morgan fingerprint density at radius 3 is 2.62 bits per heavy atom. The molecule has 0 aromatic carbocycles. The quantitative estimate of drug-likeness (QED) is 0.915. The van der Waals surface area contributed by atoms with Crippen LogP contribution in [-0.4, -0.2) is 51.8 Å². The van der Waals surface area contributed by atoms with Crippen LogP contribution in [0.2, 0.25) is 0 Å². The zero-order valence-corrected chi connectivity index (χ0v) is 15.2. The van der Waals surface area contributed by atoms with Gasteiger partial charge < -0.3 is 10.2 Å².